The average molecular weight is 359 g/mol. The molecule has 136 valence electrons. The van der Waals surface area contributed by atoms with Crippen LogP contribution in [0, 0.1) is 10.1 Å². The molecule has 2 N–H and O–H groups in total. The maximum atomic E-state index is 12.0. The molecular weight excluding hydrogens is 342 g/mol. The average Bonchev–Trinajstić information content (AvgIpc) is 2.66. The third-order valence-electron chi connectivity index (χ3n) is 3.37. The second-order valence-corrected chi connectivity index (χ2v) is 5.16. The van der Waals surface area contributed by atoms with Crippen LogP contribution in [0.15, 0.2) is 48.5 Å². The molecule has 0 saturated heterocycles. The van der Waals surface area contributed by atoms with Crippen molar-refractivity contribution in [2.24, 2.45) is 0 Å². The molecule has 0 aliphatic rings. The fourth-order valence-electron chi connectivity index (χ4n) is 1.99. The first-order chi connectivity index (χ1) is 12.4. The number of carbonyl (C=O) groups excluding carboxylic acids is 2. The molecule has 0 aliphatic carbocycles. The van der Waals surface area contributed by atoms with Crippen molar-refractivity contribution in [1.82, 2.24) is 10.9 Å². The summed E-state index contributed by atoms with van der Waals surface area (Å²) in [6.07, 6.45) is -1.09. The van der Waals surface area contributed by atoms with Gasteiger partial charge in [-0.2, -0.15) is 0 Å². The molecule has 0 fully saturated rings. The Labute approximate surface area is 149 Å². The summed E-state index contributed by atoms with van der Waals surface area (Å²) < 4.78 is 10.3. The van der Waals surface area contributed by atoms with E-state index in [0.29, 0.717) is 5.56 Å². The highest BCUT2D eigenvalue weighted by Crippen LogP contribution is 2.31. The van der Waals surface area contributed by atoms with Crippen molar-refractivity contribution >= 4 is 17.5 Å². The van der Waals surface area contributed by atoms with Gasteiger partial charge in [0.2, 0.25) is 0 Å². The van der Waals surface area contributed by atoms with Gasteiger partial charge in [0.05, 0.1) is 18.1 Å². The van der Waals surface area contributed by atoms with Gasteiger partial charge in [-0.05, 0) is 31.2 Å². The van der Waals surface area contributed by atoms with Crippen molar-refractivity contribution in [3.05, 3.63) is 64.2 Å². The third-order valence-corrected chi connectivity index (χ3v) is 3.37. The molecule has 2 aromatic carbocycles. The van der Waals surface area contributed by atoms with E-state index in [1.165, 1.54) is 32.2 Å². The number of nitrogens with one attached hydrogen (secondary N) is 2. The lowest BCUT2D eigenvalue weighted by Crippen LogP contribution is -2.47. The Morgan fingerprint density at radius 1 is 1.12 bits per heavy atom. The number of carbonyl (C=O) groups is 2. The van der Waals surface area contributed by atoms with E-state index in [-0.39, 0.29) is 17.2 Å². The summed E-state index contributed by atoms with van der Waals surface area (Å²) in [6, 6.07) is 12.3. The highest BCUT2D eigenvalue weighted by atomic mass is 16.6. The monoisotopic (exact) mass is 359 g/mol. The molecule has 0 bridgehead atoms. The van der Waals surface area contributed by atoms with Crippen molar-refractivity contribution < 1.29 is 24.0 Å². The first-order valence-corrected chi connectivity index (χ1v) is 7.56. The van der Waals surface area contributed by atoms with E-state index in [1.54, 1.807) is 30.3 Å². The minimum atomic E-state index is -1.09. The van der Waals surface area contributed by atoms with Gasteiger partial charge in [0.25, 0.3) is 11.8 Å². The van der Waals surface area contributed by atoms with E-state index in [9.17, 15) is 19.7 Å². The number of nitrogens with zero attached hydrogens (tertiary/aromatic N) is 1. The van der Waals surface area contributed by atoms with Gasteiger partial charge >= 0.3 is 5.69 Å². The summed E-state index contributed by atoms with van der Waals surface area (Å²) in [5.41, 5.74) is 4.49. The van der Waals surface area contributed by atoms with E-state index < -0.39 is 22.8 Å². The summed E-state index contributed by atoms with van der Waals surface area (Å²) in [7, 11) is 1.38. The lowest BCUT2D eigenvalue weighted by Gasteiger charge is -2.15. The Balaban J connectivity index is 1.99. The number of nitro groups is 1. The number of ether oxygens (including phenoxy) is 2. The normalized spacial score (nSPS) is 11.2. The molecule has 2 amide bonds. The molecule has 0 aromatic heterocycles. The SMILES string of the molecule is COc1ccc(O[C@H](C)C(=O)NNC(=O)c2ccccc2)c([N+](=O)[O-])c1. The summed E-state index contributed by atoms with van der Waals surface area (Å²) in [5, 5.41) is 11.1. The van der Waals surface area contributed by atoms with Crippen molar-refractivity contribution in [2.45, 2.75) is 13.0 Å². The van der Waals surface area contributed by atoms with E-state index in [0.717, 1.165) is 0 Å². The molecule has 0 heterocycles. The molecule has 1 atom stereocenters. The highest BCUT2D eigenvalue weighted by Gasteiger charge is 2.22. The molecule has 0 saturated carbocycles. The lowest BCUT2D eigenvalue weighted by atomic mass is 10.2. The van der Waals surface area contributed by atoms with Crippen molar-refractivity contribution in [2.75, 3.05) is 7.11 Å². The number of hydrazine groups is 1. The van der Waals surface area contributed by atoms with Gasteiger partial charge in [-0.3, -0.25) is 30.6 Å². The molecule has 26 heavy (non-hydrogen) atoms. The molecule has 0 aliphatic heterocycles. The Morgan fingerprint density at radius 3 is 2.42 bits per heavy atom. The van der Waals surface area contributed by atoms with E-state index >= 15 is 0 Å². The Morgan fingerprint density at radius 2 is 1.81 bits per heavy atom. The molecule has 2 aromatic rings. The number of methoxy groups -OCH3 is 1. The van der Waals surface area contributed by atoms with Gasteiger partial charge in [0, 0.05) is 5.56 Å². The zero-order valence-electron chi connectivity index (χ0n) is 14.1. The van der Waals surface area contributed by atoms with Gasteiger partial charge in [0.1, 0.15) is 5.75 Å². The van der Waals surface area contributed by atoms with E-state index in [2.05, 4.69) is 10.9 Å². The van der Waals surface area contributed by atoms with Gasteiger partial charge in [-0.15, -0.1) is 0 Å². The van der Waals surface area contributed by atoms with Crippen LogP contribution in [0.5, 0.6) is 11.5 Å². The highest BCUT2D eigenvalue weighted by molar-refractivity contribution is 5.95. The number of hydrogen-bond donors (Lipinski definition) is 2. The van der Waals surface area contributed by atoms with Gasteiger partial charge < -0.3 is 9.47 Å². The van der Waals surface area contributed by atoms with Crippen LogP contribution in [-0.4, -0.2) is 30.0 Å². The predicted octanol–water partition coefficient (Wildman–Crippen LogP) is 1.83. The smallest absolute Gasteiger partial charge is 0.314 e. The third kappa shape index (κ3) is 4.69. The van der Waals surface area contributed by atoms with Crippen molar-refractivity contribution in [3.63, 3.8) is 0 Å². The lowest BCUT2D eigenvalue weighted by molar-refractivity contribution is -0.386. The number of nitro benzene ring substituents is 1. The molecule has 9 nitrogen and oxygen atoms in total. The Kier molecular flexibility index (Phi) is 6.10. The van der Waals surface area contributed by atoms with Crippen molar-refractivity contribution in [1.29, 1.82) is 0 Å². The van der Waals surface area contributed by atoms with Crippen molar-refractivity contribution in [3.8, 4) is 11.5 Å². The van der Waals surface area contributed by atoms with Gasteiger partial charge in [0.15, 0.2) is 11.9 Å². The molecule has 9 heteroatoms. The quantitative estimate of drug-likeness (QED) is 0.600. The number of amides is 2. The second kappa shape index (κ2) is 8.47. The fourth-order valence-corrected chi connectivity index (χ4v) is 1.99. The Bertz CT molecular complexity index is 809. The summed E-state index contributed by atoms with van der Waals surface area (Å²) in [4.78, 5) is 34.4. The second-order valence-electron chi connectivity index (χ2n) is 5.16. The summed E-state index contributed by atoms with van der Waals surface area (Å²) >= 11 is 0. The molecule has 0 unspecified atom stereocenters. The van der Waals surface area contributed by atoms with Crippen LogP contribution in [0.3, 0.4) is 0 Å². The molecule has 0 radical (unpaired) electrons. The Hall–Kier alpha value is -3.62. The predicted molar refractivity (Wildman–Crippen MR) is 91.8 cm³/mol. The number of benzene rings is 2. The van der Waals surface area contributed by atoms with Crippen LogP contribution < -0.4 is 20.3 Å². The summed E-state index contributed by atoms with van der Waals surface area (Å²) in [5.74, 6) is -0.968. The zero-order chi connectivity index (χ0) is 19.1. The van der Waals surface area contributed by atoms with E-state index in [4.69, 9.17) is 9.47 Å². The largest absolute Gasteiger partial charge is 0.496 e. The van der Waals surface area contributed by atoms with Crippen LogP contribution in [0.1, 0.15) is 17.3 Å². The maximum Gasteiger partial charge on any atom is 0.314 e. The molecule has 0 spiro atoms. The first kappa shape index (κ1) is 18.7. The van der Waals surface area contributed by atoms with Crippen LogP contribution in [-0.2, 0) is 4.79 Å². The standard InChI is InChI=1S/C17H17N3O6/c1-11(16(21)18-19-17(22)12-6-4-3-5-7-12)26-15-9-8-13(25-2)10-14(15)20(23)24/h3-11H,1-2H3,(H,18,21)(H,19,22)/t11-/m1/s1. The van der Waals surface area contributed by atoms with Crippen LogP contribution in [0.25, 0.3) is 0 Å². The molecule has 2 rings (SSSR count). The number of rotatable bonds is 6. The first-order valence-electron chi connectivity index (χ1n) is 7.56. The topological polar surface area (TPSA) is 120 Å². The van der Waals surface area contributed by atoms with Crippen LogP contribution >= 0.6 is 0 Å². The minimum absolute atomic E-state index is 0.0900. The molecular formula is C17H17N3O6. The van der Waals surface area contributed by atoms with E-state index in [1.807, 2.05) is 0 Å². The van der Waals surface area contributed by atoms with Crippen LogP contribution in [0.2, 0.25) is 0 Å². The van der Waals surface area contributed by atoms with Gasteiger partial charge in [-0.25, -0.2) is 0 Å². The zero-order valence-corrected chi connectivity index (χ0v) is 14.1. The maximum absolute atomic E-state index is 12.0. The fraction of sp³-hybridized carbons (Fsp3) is 0.176. The number of hydrogen-bond acceptors (Lipinski definition) is 6. The van der Waals surface area contributed by atoms with Crippen LogP contribution in [0.4, 0.5) is 5.69 Å². The van der Waals surface area contributed by atoms with Gasteiger partial charge in [-0.1, -0.05) is 18.2 Å². The minimum Gasteiger partial charge on any atom is -0.496 e. The summed E-state index contributed by atoms with van der Waals surface area (Å²) in [6.45, 7) is 1.40.